The topological polar surface area (TPSA) is 66.4 Å². The van der Waals surface area contributed by atoms with Crippen molar-refractivity contribution in [3.63, 3.8) is 0 Å². The number of aliphatic carboxylic acids is 1. The van der Waals surface area contributed by atoms with Gasteiger partial charge in [-0.2, -0.15) is 0 Å². The molecule has 1 atom stereocenters. The highest BCUT2D eigenvalue weighted by atomic mass is 16.4. The molecule has 1 aromatic carbocycles. The van der Waals surface area contributed by atoms with E-state index >= 15 is 0 Å². The molecule has 0 heterocycles. The third kappa shape index (κ3) is 4.37. The molecule has 1 aromatic rings. The van der Waals surface area contributed by atoms with E-state index in [2.05, 4.69) is 5.32 Å². The van der Waals surface area contributed by atoms with Crippen LogP contribution < -0.4 is 5.32 Å². The van der Waals surface area contributed by atoms with Crippen LogP contribution in [0, 0.1) is 5.92 Å². The van der Waals surface area contributed by atoms with E-state index < -0.39 is 5.97 Å². The zero-order valence-electron chi connectivity index (χ0n) is 11.5. The van der Waals surface area contributed by atoms with E-state index in [0.29, 0.717) is 18.8 Å². The van der Waals surface area contributed by atoms with Gasteiger partial charge in [0.05, 0.1) is 6.04 Å². The summed E-state index contributed by atoms with van der Waals surface area (Å²) < 4.78 is 0. The fraction of sp³-hybridized carbons (Fsp3) is 0.500. The fourth-order valence-corrected chi connectivity index (χ4v) is 2.49. The van der Waals surface area contributed by atoms with Crippen LogP contribution >= 0.6 is 0 Å². The van der Waals surface area contributed by atoms with Gasteiger partial charge < -0.3 is 10.4 Å². The summed E-state index contributed by atoms with van der Waals surface area (Å²) in [6.45, 7) is 0. The molecule has 1 aliphatic rings. The quantitative estimate of drug-likeness (QED) is 0.804. The molecule has 1 unspecified atom stereocenters. The Bertz CT molecular complexity index is 454. The molecule has 4 heteroatoms. The van der Waals surface area contributed by atoms with Crippen molar-refractivity contribution in [2.24, 2.45) is 5.92 Å². The maximum atomic E-state index is 12.0. The van der Waals surface area contributed by atoms with Crippen molar-refractivity contribution in [3.05, 3.63) is 35.9 Å². The van der Waals surface area contributed by atoms with Crippen LogP contribution in [0.15, 0.2) is 30.3 Å². The average molecular weight is 275 g/mol. The number of rotatable bonds is 7. The Labute approximate surface area is 119 Å². The predicted octanol–water partition coefficient (Wildman–Crippen LogP) is 2.90. The van der Waals surface area contributed by atoms with Crippen molar-refractivity contribution in [1.82, 2.24) is 5.32 Å². The number of hydrogen-bond acceptors (Lipinski definition) is 2. The van der Waals surface area contributed by atoms with Crippen molar-refractivity contribution < 1.29 is 14.7 Å². The smallest absolute Gasteiger partial charge is 0.303 e. The van der Waals surface area contributed by atoms with E-state index in [1.54, 1.807) is 0 Å². The van der Waals surface area contributed by atoms with Gasteiger partial charge >= 0.3 is 5.97 Å². The molecule has 0 radical (unpaired) electrons. The summed E-state index contributed by atoms with van der Waals surface area (Å²) in [6, 6.07) is 9.36. The lowest BCUT2D eigenvalue weighted by atomic mass is 9.83. The van der Waals surface area contributed by atoms with Crippen LogP contribution in [0.25, 0.3) is 0 Å². The number of benzene rings is 1. The van der Waals surface area contributed by atoms with Gasteiger partial charge in [0.2, 0.25) is 5.91 Å². The minimum atomic E-state index is -0.834. The Morgan fingerprint density at radius 2 is 1.95 bits per heavy atom. The largest absolute Gasteiger partial charge is 0.481 e. The van der Waals surface area contributed by atoms with Crippen LogP contribution in [-0.2, 0) is 9.59 Å². The van der Waals surface area contributed by atoms with Gasteiger partial charge in [-0.3, -0.25) is 9.59 Å². The Balaban J connectivity index is 1.94. The first kappa shape index (κ1) is 14.6. The Morgan fingerprint density at radius 3 is 2.50 bits per heavy atom. The molecular weight excluding hydrogens is 254 g/mol. The van der Waals surface area contributed by atoms with Gasteiger partial charge in [0.25, 0.3) is 0 Å². The molecule has 1 fully saturated rings. The Hall–Kier alpha value is -1.84. The van der Waals surface area contributed by atoms with Gasteiger partial charge in [0.1, 0.15) is 0 Å². The molecule has 0 aliphatic heterocycles. The van der Waals surface area contributed by atoms with E-state index in [4.69, 9.17) is 5.11 Å². The van der Waals surface area contributed by atoms with E-state index in [0.717, 1.165) is 18.4 Å². The number of carbonyl (C=O) groups excluding carboxylic acids is 1. The van der Waals surface area contributed by atoms with E-state index in [1.165, 1.54) is 6.42 Å². The van der Waals surface area contributed by atoms with Crippen LogP contribution in [0.3, 0.4) is 0 Å². The molecule has 0 saturated heterocycles. The van der Waals surface area contributed by atoms with E-state index in [-0.39, 0.29) is 18.4 Å². The van der Waals surface area contributed by atoms with Crippen LogP contribution in [0.4, 0.5) is 0 Å². The molecule has 2 rings (SSSR count). The Morgan fingerprint density at radius 1 is 1.25 bits per heavy atom. The second-order valence-corrected chi connectivity index (χ2v) is 5.46. The molecule has 20 heavy (non-hydrogen) atoms. The monoisotopic (exact) mass is 275 g/mol. The lowest BCUT2D eigenvalue weighted by molar-refractivity contribution is -0.137. The number of carboxylic acid groups (broad SMARTS) is 1. The molecule has 108 valence electrons. The molecule has 0 spiro atoms. The first-order chi connectivity index (χ1) is 9.65. The van der Waals surface area contributed by atoms with Crippen molar-refractivity contribution in [1.29, 1.82) is 0 Å². The van der Waals surface area contributed by atoms with Crippen molar-refractivity contribution >= 4 is 11.9 Å². The molecule has 1 aliphatic carbocycles. The summed E-state index contributed by atoms with van der Waals surface area (Å²) in [5, 5.41) is 11.8. The molecular formula is C16H21NO3. The minimum Gasteiger partial charge on any atom is -0.481 e. The van der Waals surface area contributed by atoms with Crippen molar-refractivity contribution in [3.8, 4) is 0 Å². The SMILES string of the molecule is O=C(O)CCC(NC(=O)CC1CCC1)c1ccccc1. The highest BCUT2D eigenvalue weighted by Gasteiger charge is 2.22. The highest BCUT2D eigenvalue weighted by Crippen LogP contribution is 2.29. The first-order valence-electron chi connectivity index (χ1n) is 7.21. The second-order valence-electron chi connectivity index (χ2n) is 5.46. The lowest BCUT2D eigenvalue weighted by Crippen LogP contribution is -2.31. The summed E-state index contributed by atoms with van der Waals surface area (Å²) in [5.74, 6) is -0.279. The zero-order chi connectivity index (χ0) is 14.4. The predicted molar refractivity (Wildman–Crippen MR) is 76.2 cm³/mol. The molecule has 0 aromatic heterocycles. The molecule has 4 nitrogen and oxygen atoms in total. The van der Waals surface area contributed by atoms with E-state index in [1.807, 2.05) is 30.3 Å². The summed E-state index contributed by atoms with van der Waals surface area (Å²) in [5.41, 5.74) is 0.968. The van der Waals surface area contributed by atoms with Crippen molar-refractivity contribution in [2.45, 2.75) is 44.6 Å². The second kappa shape index (κ2) is 7.08. The van der Waals surface area contributed by atoms with Gasteiger partial charge in [0, 0.05) is 12.8 Å². The molecule has 1 amide bonds. The van der Waals surface area contributed by atoms with Crippen molar-refractivity contribution in [2.75, 3.05) is 0 Å². The number of hydrogen-bond donors (Lipinski definition) is 2. The maximum absolute atomic E-state index is 12.0. The lowest BCUT2D eigenvalue weighted by Gasteiger charge is -2.26. The first-order valence-corrected chi connectivity index (χ1v) is 7.21. The van der Waals surface area contributed by atoms with Gasteiger partial charge in [0.15, 0.2) is 0 Å². The number of carbonyl (C=O) groups is 2. The Kier molecular flexibility index (Phi) is 5.16. The average Bonchev–Trinajstić information content (AvgIpc) is 2.39. The third-order valence-electron chi connectivity index (χ3n) is 3.88. The van der Waals surface area contributed by atoms with Crippen LogP contribution in [0.1, 0.15) is 50.1 Å². The molecule has 1 saturated carbocycles. The summed E-state index contributed by atoms with van der Waals surface area (Å²) in [4.78, 5) is 22.8. The van der Waals surface area contributed by atoms with Gasteiger partial charge in [-0.05, 0) is 30.7 Å². The van der Waals surface area contributed by atoms with Crippen LogP contribution in [0.2, 0.25) is 0 Å². The summed E-state index contributed by atoms with van der Waals surface area (Å²) >= 11 is 0. The third-order valence-corrected chi connectivity index (χ3v) is 3.88. The van der Waals surface area contributed by atoms with Crippen LogP contribution in [-0.4, -0.2) is 17.0 Å². The van der Waals surface area contributed by atoms with E-state index in [9.17, 15) is 9.59 Å². The number of amides is 1. The zero-order valence-corrected chi connectivity index (χ0v) is 11.5. The minimum absolute atomic E-state index is 0.0361. The highest BCUT2D eigenvalue weighted by molar-refractivity contribution is 5.77. The summed E-state index contributed by atoms with van der Waals surface area (Å²) in [7, 11) is 0. The maximum Gasteiger partial charge on any atom is 0.303 e. The standard InChI is InChI=1S/C16H21NO3/c18-15(11-12-5-4-6-12)17-14(9-10-16(19)20)13-7-2-1-3-8-13/h1-3,7-8,12,14H,4-6,9-11H2,(H,17,18)(H,19,20). The number of carboxylic acids is 1. The summed E-state index contributed by atoms with van der Waals surface area (Å²) in [6.07, 6.45) is 4.55. The van der Waals surface area contributed by atoms with Crippen LogP contribution in [0.5, 0.6) is 0 Å². The fourth-order valence-electron chi connectivity index (χ4n) is 2.49. The molecule has 0 bridgehead atoms. The normalized spacial score (nSPS) is 16.2. The van der Waals surface area contributed by atoms with Gasteiger partial charge in [-0.25, -0.2) is 0 Å². The van der Waals surface area contributed by atoms with Gasteiger partial charge in [-0.1, -0.05) is 36.8 Å². The number of nitrogens with one attached hydrogen (secondary N) is 1. The van der Waals surface area contributed by atoms with Gasteiger partial charge in [-0.15, -0.1) is 0 Å². The molecule has 2 N–H and O–H groups in total.